The fourth-order valence-electron chi connectivity index (χ4n) is 3.09. The Morgan fingerprint density at radius 3 is 2.96 bits per heavy atom. The van der Waals surface area contributed by atoms with E-state index in [0.29, 0.717) is 18.3 Å². The van der Waals surface area contributed by atoms with Gasteiger partial charge in [-0.3, -0.25) is 4.79 Å². The van der Waals surface area contributed by atoms with Crippen molar-refractivity contribution in [2.24, 2.45) is 0 Å². The molecule has 3 rings (SSSR count). The van der Waals surface area contributed by atoms with Gasteiger partial charge in [0, 0.05) is 16.8 Å². The average Bonchev–Trinajstić information content (AvgIpc) is 3.27. The average molecular weight is 335 g/mol. The molecule has 1 fully saturated rings. The first-order valence-corrected chi connectivity index (χ1v) is 8.74. The van der Waals surface area contributed by atoms with Crippen LogP contribution in [-0.2, 0) is 21.6 Å². The number of carbonyl (C=O) groups excluding carboxylic acids is 1. The number of ether oxygens (including phenoxy) is 1. The van der Waals surface area contributed by atoms with E-state index in [1.54, 1.807) is 18.3 Å². The first-order valence-electron chi connectivity index (χ1n) is 7.86. The number of nitrogens with one attached hydrogen (secondary N) is 1. The molecule has 2 aromatic rings. The topological polar surface area (TPSA) is 77.2 Å². The normalized spacial score (nSPS) is 16.6. The Morgan fingerprint density at radius 1 is 1.48 bits per heavy atom. The molecule has 2 aromatic heterocycles. The van der Waals surface area contributed by atoms with Crippen molar-refractivity contribution in [1.82, 2.24) is 15.5 Å². The Balaban J connectivity index is 1.46. The van der Waals surface area contributed by atoms with Crippen LogP contribution >= 0.6 is 11.3 Å². The van der Waals surface area contributed by atoms with Crippen LogP contribution in [0.25, 0.3) is 0 Å². The summed E-state index contributed by atoms with van der Waals surface area (Å²) in [5, 5.41) is 8.80. The van der Waals surface area contributed by atoms with Gasteiger partial charge in [0.1, 0.15) is 13.2 Å². The third-order valence-corrected chi connectivity index (χ3v) is 5.37. The predicted octanol–water partition coefficient (Wildman–Crippen LogP) is 2.58. The zero-order chi connectivity index (χ0) is 16.1. The number of hydrogen-bond acceptors (Lipinski definition) is 6. The maximum atomic E-state index is 12.0. The zero-order valence-electron chi connectivity index (χ0n) is 13.2. The van der Waals surface area contributed by atoms with Crippen LogP contribution < -0.4 is 5.32 Å². The predicted molar refractivity (Wildman–Crippen MR) is 86.2 cm³/mol. The first kappa shape index (κ1) is 16.1. The molecule has 7 heteroatoms. The third-order valence-electron chi connectivity index (χ3n) is 4.26. The van der Waals surface area contributed by atoms with Crippen LogP contribution in [0.3, 0.4) is 0 Å². The molecule has 0 saturated heterocycles. The van der Waals surface area contributed by atoms with Gasteiger partial charge in [-0.25, -0.2) is 0 Å². The fraction of sp³-hybridized carbons (Fsp3) is 0.562. The van der Waals surface area contributed by atoms with Gasteiger partial charge >= 0.3 is 0 Å². The highest BCUT2D eigenvalue weighted by Crippen LogP contribution is 2.42. The summed E-state index contributed by atoms with van der Waals surface area (Å²) in [6.07, 6.45) is 4.72. The van der Waals surface area contributed by atoms with E-state index >= 15 is 0 Å². The van der Waals surface area contributed by atoms with Gasteiger partial charge in [-0.2, -0.15) is 4.98 Å². The molecular formula is C16H21N3O3S. The molecule has 1 saturated carbocycles. The molecule has 0 unspecified atom stereocenters. The van der Waals surface area contributed by atoms with Gasteiger partial charge in [-0.15, -0.1) is 11.3 Å². The van der Waals surface area contributed by atoms with Crippen molar-refractivity contribution >= 4 is 17.2 Å². The van der Waals surface area contributed by atoms with Crippen molar-refractivity contribution < 1.29 is 14.1 Å². The molecule has 0 radical (unpaired) electrons. The Morgan fingerprint density at radius 2 is 2.30 bits per heavy atom. The van der Waals surface area contributed by atoms with E-state index in [0.717, 1.165) is 12.8 Å². The summed E-state index contributed by atoms with van der Waals surface area (Å²) in [4.78, 5) is 17.4. The minimum Gasteiger partial charge on any atom is -0.362 e. The molecule has 0 atom stereocenters. The highest BCUT2D eigenvalue weighted by Gasteiger charge is 2.36. The molecule has 124 valence electrons. The highest BCUT2D eigenvalue weighted by molar-refractivity contribution is 7.10. The Bertz CT molecular complexity index is 633. The molecule has 1 aliphatic rings. The number of hydrogen-bond donors (Lipinski definition) is 1. The summed E-state index contributed by atoms with van der Waals surface area (Å²) in [5.41, 5.74) is 0.105. The highest BCUT2D eigenvalue weighted by atomic mass is 32.1. The second-order valence-corrected chi connectivity index (χ2v) is 6.92. The second-order valence-electron chi connectivity index (χ2n) is 5.97. The van der Waals surface area contributed by atoms with Gasteiger partial charge in [0.05, 0.1) is 0 Å². The summed E-state index contributed by atoms with van der Waals surface area (Å²) in [5.74, 6) is 0.845. The van der Waals surface area contributed by atoms with E-state index in [4.69, 9.17) is 9.26 Å². The van der Waals surface area contributed by atoms with Gasteiger partial charge in [0.25, 0.3) is 5.89 Å². The molecule has 6 nitrogen and oxygen atoms in total. The number of carbonyl (C=O) groups is 1. The van der Waals surface area contributed by atoms with Crippen molar-refractivity contribution in [3.8, 4) is 0 Å². The second kappa shape index (κ2) is 7.23. The van der Waals surface area contributed by atoms with Crippen molar-refractivity contribution in [2.75, 3.05) is 13.2 Å². The molecule has 0 aromatic carbocycles. The van der Waals surface area contributed by atoms with Gasteiger partial charge in [0.15, 0.2) is 5.82 Å². The van der Waals surface area contributed by atoms with Crippen LogP contribution in [0.2, 0.25) is 0 Å². The maximum absolute atomic E-state index is 12.0. The van der Waals surface area contributed by atoms with Gasteiger partial charge < -0.3 is 14.6 Å². The Kier molecular flexibility index (Phi) is 5.07. The molecule has 1 amide bonds. The lowest BCUT2D eigenvalue weighted by Gasteiger charge is -2.28. The minimum atomic E-state index is -0.107. The molecule has 0 spiro atoms. The summed E-state index contributed by atoms with van der Waals surface area (Å²) in [6, 6.07) is 4.26. The number of thiophene rings is 1. The Hall–Kier alpha value is -1.73. The molecular weight excluding hydrogens is 314 g/mol. The van der Waals surface area contributed by atoms with Gasteiger partial charge in [-0.1, -0.05) is 24.1 Å². The summed E-state index contributed by atoms with van der Waals surface area (Å²) >= 11 is 1.78. The number of nitrogens with zero attached hydrogens (tertiary/aromatic N) is 2. The molecule has 0 bridgehead atoms. The van der Waals surface area contributed by atoms with Crippen molar-refractivity contribution in [3.63, 3.8) is 0 Å². The standard InChI is InChI=1S/C16H21N3O3S/c1-12-18-15(22-19-12)10-21-9-14(20)17-11-16(6-2-3-7-16)13-5-4-8-23-13/h4-5,8H,2-3,6-7,9-11H2,1H3,(H,17,20). The smallest absolute Gasteiger partial charge is 0.252 e. The number of aromatic nitrogens is 2. The lowest BCUT2D eigenvalue weighted by atomic mass is 9.84. The number of aryl methyl sites for hydroxylation is 1. The van der Waals surface area contributed by atoms with Crippen molar-refractivity contribution in [3.05, 3.63) is 34.1 Å². The van der Waals surface area contributed by atoms with E-state index in [1.807, 2.05) is 0 Å². The van der Waals surface area contributed by atoms with Crippen LogP contribution in [0.4, 0.5) is 0 Å². The summed E-state index contributed by atoms with van der Waals surface area (Å²) in [7, 11) is 0. The van der Waals surface area contributed by atoms with E-state index in [-0.39, 0.29) is 24.5 Å². The van der Waals surface area contributed by atoms with Gasteiger partial charge in [-0.05, 0) is 31.2 Å². The van der Waals surface area contributed by atoms with E-state index < -0.39 is 0 Å². The molecule has 1 N–H and O–H groups in total. The lowest BCUT2D eigenvalue weighted by molar-refractivity contribution is -0.126. The third kappa shape index (κ3) is 3.97. The molecule has 0 aliphatic heterocycles. The van der Waals surface area contributed by atoms with Crippen LogP contribution in [0, 0.1) is 6.92 Å². The molecule has 1 aliphatic carbocycles. The zero-order valence-corrected chi connectivity index (χ0v) is 14.0. The van der Waals surface area contributed by atoms with Crippen LogP contribution in [-0.4, -0.2) is 29.2 Å². The fourth-order valence-corrected chi connectivity index (χ4v) is 4.08. The van der Waals surface area contributed by atoms with Crippen LogP contribution in [0.5, 0.6) is 0 Å². The minimum absolute atomic E-state index is 0.00193. The van der Waals surface area contributed by atoms with Gasteiger partial charge in [0.2, 0.25) is 5.91 Å². The SMILES string of the molecule is Cc1noc(COCC(=O)NCC2(c3cccs3)CCCC2)n1. The van der Waals surface area contributed by atoms with E-state index in [2.05, 4.69) is 33.0 Å². The lowest BCUT2D eigenvalue weighted by Crippen LogP contribution is -2.40. The summed E-state index contributed by atoms with van der Waals surface area (Å²) < 4.78 is 10.3. The maximum Gasteiger partial charge on any atom is 0.252 e. The quantitative estimate of drug-likeness (QED) is 0.841. The summed E-state index contributed by atoms with van der Waals surface area (Å²) in [6.45, 7) is 2.58. The largest absolute Gasteiger partial charge is 0.362 e. The molecule has 2 heterocycles. The number of rotatable bonds is 7. The molecule has 23 heavy (non-hydrogen) atoms. The Labute approximate surface area is 139 Å². The van der Waals surface area contributed by atoms with Crippen LogP contribution in [0.1, 0.15) is 42.3 Å². The van der Waals surface area contributed by atoms with E-state index in [9.17, 15) is 4.79 Å². The van der Waals surface area contributed by atoms with Crippen LogP contribution in [0.15, 0.2) is 22.0 Å². The number of amides is 1. The van der Waals surface area contributed by atoms with Crippen molar-refractivity contribution in [2.45, 2.75) is 44.6 Å². The first-order chi connectivity index (χ1) is 11.2. The van der Waals surface area contributed by atoms with Crippen molar-refractivity contribution in [1.29, 1.82) is 0 Å². The van der Waals surface area contributed by atoms with E-state index in [1.165, 1.54) is 17.7 Å². The monoisotopic (exact) mass is 335 g/mol.